The van der Waals surface area contributed by atoms with E-state index in [-0.39, 0.29) is 0 Å². The van der Waals surface area contributed by atoms with E-state index >= 15 is 0 Å². The fourth-order valence-electron chi connectivity index (χ4n) is 2.40. The molecule has 84 valence electrons. The number of nitrogens with two attached hydrogens (primary N) is 1. The second-order valence-corrected chi connectivity index (χ2v) is 4.44. The predicted octanol–water partition coefficient (Wildman–Crippen LogP) is 1.81. The van der Waals surface area contributed by atoms with Crippen molar-refractivity contribution in [3.63, 3.8) is 0 Å². The quantitative estimate of drug-likeness (QED) is 0.793. The molecular formula is C12H20N2O. The Hall–Kier alpha value is -0.800. The van der Waals surface area contributed by atoms with E-state index in [0.29, 0.717) is 12.0 Å². The molecule has 1 heterocycles. The molecule has 1 aromatic heterocycles. The Morgan fingerprint density at radius 1 is 1.53 bits per heavy atom. The highest BCUT2D eigenvalue weighted by molar-refractivity contribution is 5.14. The maximum Gasteiger partial charge on any atom is 0.120 e. The lowest BCUT2D eigenvalue weighted by molar-refractivity contribution is 0.381. The summed E-state index contributed by atoms with van der Waals surface area (Å²) in [6.45, 7) is 3.71. The molecule has 1 aliphatic rings. The maximum absolute atomic E-state index is 5.74. The van der Waals surface area contributed by atoms with Crippen LogP contribution in [0.15, 0.2) is 16.7 Å². The predicted molar refractivity (Wildman–Crippen MR) is 60.5 cm³/mol. The number of nitrogens with one attached hydrogen (secondary N) is 1. The highest BCUT2D eigenvalue weighted by Crippen LogP contribution is 2.25. The lowest BCUT2D eigenvalue weighted by Gasteiger charge is -2.18. The molecule has 1 fully saturated rings. The molecule has 1 saturated carbocycles. The largest absolute Gasteiger partial charge is 0.468 e. The molecular weight excluding hydrogens is 188 g/mol. The SMILES string of the molecule is Cc1ccoc1CNC1CCCC1CN. The van der Waals surface area contributed by atoms with Crippen LogP contribution in [0.5, 0.6) is 0 Å². The van der Waals surface area contributed by atoms with Gasteiger partial charge >= 0.3 is 0 Å². The van der Waals surface area contributed by atoms with Gasteiger partial charge in [-0.3, -0.25) is 0 Å². The van der Waals surface area contributed by atoms with Crippen LogP contribution in [0.4, 0.5) is 0 Å². The summed E-state index contributed by atoms with van der Waals surface area (Å²) in [5.74, 6) is 1.71. The summed E-state index contributed by atoms with van der Waals surface area (Å²) in [5.41, 5.74) is 6.97. The second kappa shape index (κ2) is 4.81. The Morgan fingerprint density at radius 3 is 3.07 bits per heavy atom. The van der Waals surface area contributed by atoms with Gasteiger partial charge in [-0.25, -0.2) is 0 Å². The van der Waals surface area contributed by atoms with Gasteiger partial charge in [-0.05, 0) is 43.9 Å². The molecule has 0 amide bonds. The standard InChI is InChI=1S/C12H20N2O/c1-9-5-6-15-12(9)8-14-11-4-2-3-10(11)7-13/h5-6,10-11,14H,2-4,7-8,13H2,1H3. The van der Waals surface area contributed by atoms with Crippen molar-refractivity contribution in [3.8, 4) is 0 Å². The van der Waals surface area contributed by atoms with Crippen molar-refractivity contribution in [2.45, 2.75) is 38.8 Å². The molecule has 0 aliphatic heterocycles. The fraction of sp³-hybridized carbons (Fsp3) is 0.667. The summed E-state index contributed by atoms with van der Waals surface area (Å²) < 4.78 is 5.40. The second-order valence-electron chi connectivity index (χ2n) is 4.44. The summed E-state index contributed by atoms with van der Waals surface area (Å²) in [6.07, 6.45) is 5.57. The Labute approximate surface area is 91.0 Å². The normalized spacial score (nSPS) is 26.0. The summed E-state index contributed by atoms with van der Waals surface area (Å²) in [4.78, 5) is 0. The van der Waals surface area contributed by atoms with Crippen LogP contribution in [0.2, 0.25) is 0 Å². The zero-order valence-electron chi connectivity index (χ0n) is 9.33. The third-order valence-corrected chi connectivity index (χ3v) is 3.45. The van der Waals surface area contributed by atoms with Crippen molar-refractivity contribution in [2.75, 3.05) is 6.54 Å². The first kappa shape index (κ1) is 10.7. The summed E-state index contributed by atoms with van der Waals surface area (Å²) in [7, 11) is 0. The van der Waals surface area contributed by atoms with Crippen molar-refractivity contribution in [1.29, 1.82) is 0 Å². The molecule has 15 heavy (non-hydrogen) atoms. The Kier molecular flexibility index (Phi) is 3.44. The van der Waals surface area contributed by atoms with Gasteiger partial charge in [-0.1, -0.05) is 6.42 Å². The van der Waals surface area contributed by atoms with Gasteiger partial charge in [0.2, 0.25) is 0 Å². The monoisotopic (exact) mass is 208 g/mol. The number of rotatable bonds is 4. The molecule has 0 spiro atoms. The van der Waals surface area contributed by atoms with E-state index in [2.05, 4.69) is 12.2 Å². The van der Waals surface area contributed by atoms with Gasteiger partial charge < -0.3 is 15.5 Å². The van der Waals surface area contributed by atoms with E-state index in [1.165, 1.54) is 24.8 Å². The summed E-state index contributed by atoms with van der Waals surface area (Å²) in [6, 6.07) is 2.59. The molecule has 1 aliphatic carbocycles. The molecule has 2 atom stereocenters. The third kappa shape index (κ3) is 2.41. The van der Waals surface area contributed by atoms with Gasteiger partial charge in [0.15, 0.2) is 0 Å². The maximum atomic E-state index is 5.74. The number of hydrogen-bond donors (Lipinski definition) is 2. The van der Waals surface area contributed by atoms with E-state index in [0.717, 1.165) is 18.8 Å². The van der Waals surface area contributed by atoms with Crippen molar-refractivity contribution in [1.82, 2.24) is 5.32 Å². The van der Waals surface area contributed by atoms with Crippen LogP contribution >= 0.6 is 0 Å². The molecule has 3 nitrogen and oxygen atoms in total. The van der Waals surface area contributed by atoms with E-state index in [4.69, 9.17) is 10.2 Å². The minimum Gasteiger partial charge on any atom is -0.468 e. The third-order valence-electron chi connectivity index (χ3n) is 3.45. The molecule has 0 bridgehead atoms. The molecule has 1 aromatic rings. The molecule has 0 aromatic carbocycles. The summed E-state index contributed by atoms with van der Waals surface area (Å²) in [5, 5.41) is 3.55. The van der Waals surface area contributed by atoms with Gasteiger partial charge in [-0.15, -0.1) is 0 Å². The van der Waals surface area contributed by atoms with Crippen LogP contribution in [-0.2, 0) is 6.54 Å². The van der Waals surface area contributed by atoms with E-state index in [1.807, 2.05) is 6.07 Å². The zero-order chi connectivity index (χ0) is 10.7. The van der Waals surface area contributed by atoms with Crippen LogP contribution in [0, 0.1) is 12.8 Å². The number of hydrogen-bond acceptors (Lipinski definition) is 3. The zero-order valence-corrected chi connectivity index (χ0v) is 9.33. The van der Waals surface area contributed by atoms with Gasteiger partial charge in [0.25, 0.3) is 0 Å². The lowest BCUT2D eigenvalue weighted by atomic mass is 10.0. The highest BCUT2D eigenvalue weighted by atomic mass is 16.3. The number of furan rings is 1. The molecule has 3 heteroatoms. The van der Waals surface area contributed by atoms with Crippen LogP contribution in [-0.4, -0.2) is 12.6 Å². The molecule has 0 radical (unpaired) electrons. The Morgan fingerprint density at radius 2 is 2.40 bits per heavy atom. The van der Waals surface area contributed by atoms with Crippen LogP contribution in [0.1, 0.15) is 30.6 Å². The van der Waals surface area contributed by atoms with E-state index < -0.39 is 0 Å². The minimum absolute atomic E-state index is 0.583. The fourth-order valence-corrected chi connectivity index (χ4v) is 2.40. The average molecular weight is 208 g/mol. The van der Waals surface area contributed by atoms with E-state index in [1.54, 1.807) is 6.26 Å². The Balaban J connectivity index is 1.85. The highest BCUT2D eigenvalue weighted by Gasteiger charge is 2.25. The van der Waals surface area contributed by atoms with Crippen LogP contribution < -0.4 is 11.1 Å². The number of aryl methyl sites for hydroxylation is 1. The van der Waals surface area contributed by atoms with Crippen LogP contribution in [0.25, 0.3) is 0 Å². The van der Waals surface area contributed by atoms with Gasteiger partial charge in [0, 0.05) is 6.04 Å². The van der Waals surface area contributed by atoms with Crippen molar-refractivity contribution in [2.24, 2.45) is 11.7 Å². The first-order valence-electron chi connectivity index (χ1n) is 5.77. The first-order valence-corrected chi connectivity index (χ1v) is 5.77. The van der Waals surface area contributed by atoms with Crippen LogP contribution in [0.3, 0.4) is 0 Å². The summed E-state index contributed by atoms with van der Waals surface area (Å²) >= 11 is 0. The minimum atomic E-state index is 0.583. The van der Waals surface area contributed by atoms with Gasteiger partial charge in [0.1, 0.15) is 5.76 Å². The van der Waals surface area contributed by atoms with E-state index in [9.17, 15) is 0 Å². The van der Waals surface area contributed by atoms with Gasteiger partial charge in [-0.2, -0.15) is 0 Å². The van der Waals surface area contributed by atoms with Crippen molar-refractivity contribution < 1.29 is 4.42 Å². The Bertz CT molecular complexity index is 308. The average Bonchev–Trinajstić information content (AvgIpc) is 2.83. The molecule has 2 rings (SSSR count). The topological polar surface area (TPSA) is 51.2 Å². The lowest BCUT2D eigenvalue weighted by Crippen LogP contribution is -2.35. The smallest absolute Gasteiger partial charge is 0.120 e. The van der Waals surface area contributed by atoms with Crippen molar-refractivity contribution in [3.05, 3.63) is 23.7 Å². The van der Waals surface area contributed by atoms with Gasteiger partial charge in [0.05, 0.1) is 12.8 Å². The molecule has 0 saturated heterocycles. The molecule has 3 N–H and O–H groups in total. The first-order chi connectivity index (χ1) is 7.31. The van der Waals surface area contributed by atoms with Crippen molar-refractivity contribution >= 4 is 0 Å². The molecule has 2 unspecified atom stereocenters.